The van der Waals surface area contributed by atoms with E-state index in [9.17, 15) is 31.5 Å². The highest BCUT2D eigenvalue weighted by molar-refractivity contribution is 7.89. The summed E-state index contributed by atoms with van der Waals surface area (Å²) in [5.74, 6) is -0.882. The van der Waals surface area contributed by atoms with Crippen molar-refractivity contribution in [2.45, 2.75) is 30.0 Å². The smallest absolute Gasteiger partial charge is 0.380 e. The molecule has 0 saturated carbocycles. The molecule has 1 atom stereocenters. The van der Waals surface area contributed by atoms with E-state index < -0.39 is 34.1 Å². The molecule has 0 bridgehead atoms. The first-order chi connectivity index (χ1) is 11.8. The van der Waals surface area contributed by atoms with Gasteiger partial charge in [-0.2, -0.15) is 17.5 Å². The van der Waals surface area contributed by atoms with Crippen LogP contribution in [0.2, 0.25) is 5.02 Å². The summed E-state index contributed by atoms with van der Waals surface area (Å²) >= 11 is 5.80. The fraction of sp³-hybridized carbons (Fsp3) is 0.533. The standard InChI is InChI=1S/C15H18ClF3N2O4S/c1-14(23,15(17,18)19)10-13(22)20-5-7-21(8-6-20)26(24,25)12-4-2-3-11(16)9-12/h2-4,9,23H,5-8,10H2,1H3/t14-/m1/s1. The number of carbonyl (C=O) groups is 1. The second kappa shape index (κ2) is 7.34. The summed E-state index contributed by atoms with van der Waals surface area (Å²) in [6, 6.07) is 5.71. The minimum Gasteiger partial charge on any atom is -0.380 e. The molecule has 1 aliphatic heterocycles. The second-order valence-electron chi connectivity index (χ2n) is 6.19. The molecule has 0 spiro atoms. The van der Waals surface area contributed by atoms with E-state index in [1.807, 2.05) is 0 Å². The van der Waals surface area contributed by atoms with Gasteiger partial charge >= 0.3 is 6.18 Å². The van der Waals surface area contributed by atoms with Crippen LogP contribution >= 0.6 is 11.6 Å². The molecule has 1 aliphatic rings. The maximum absolute atomic E-state index is 12.7. The van der Waals surface area contributed by atoms with E-state index in [-0.39, 0.29) is 36.1 Å². The molecular formula is C15H18ClF3N2O4S. The molecule has 0 aliphatic carbocycles. The Bertz CT molecular complexity index is 775. The van der Waals surface area contributed by atoms with E-state index >= 15 is 0 Å². The number of hydrogen-bond acceptors (Lipinski definition) is 4. The number of benzene rings is 1. The van der Waals surface area contributed by atoms with Crippen molar-refractivity contribution in [3.63, 3.8) is 0 Å². The largest absolute Gasteiger partial charge is 0.417 e. The number of sulfonamides is 1. The Morgan fingerprint density at radius 2 is 1.81 bits per heavy atom. The summed E-state index contributed by atoms with van der Waals surface area (Å²) in [5, 5.41) is 9.68. The monoisotopic (exact) mass is 414 g/mol. The lowest BCUT2D eigenvalue weighted by molar-refractivity contribution is -0.254. The molecule has 1 heterocycles. The average Bonchev–Trinajstić information content (AvgIpc) is 2.53. The van der Waals surface area contributed by atoms with Crippen molar-refractivity contribution in [2.24, 2.45) is 0 Å². The fourth-order valence-electron chi connectivity index (χ4n) is 2.46. The van der Waals surface area contributed by atoms with Gasteiger partial charge in [-0.25, -0.2) is 8.42 Å². The van der Waals surface area contributed by atoms with Gasteiger partial charge < -0.3 is 10.0 Å². The van der Waals surface area contributed by atoms with E-state index in [4.69, 9.17) is 11.6 Å². The lowest BCUT2D eigenvalue weighted by Crippen LogP contribution is -2.53. The zero-order chi connectivity index (χ0) is 19.8. The molecule has 1 aromatic carbocycles. The molecule has 1 N–H and O–H groups in total. The van der Waals surface area contributed by atoms with Crippen molar-refractivity contribution in [3.05, 3.63) is 29.3 Å². The first-order valence-corrected chi connectivity index (χ1v) is 9.49. The van der Waals surface area contributed by atoms with Gasteiger partial charge in [0.15, 0.2) is 5.60 Å². The molecule has 0 unspecified atom stereocenters. The molecule has 26 heavy (non-hydrogen) atoms. The van der Waals surface area contributed by atoms with Crippen molar-refractivity contribution in [2.75, 3.05) is 26.2 Å². The van der Waals surface area contributed by atoms with Crippen LogP contribution in [0.5, 0.6) is 0 Å². The molecule has 0 radical (unpaired) electrons. The van der Waals surface area contributed by atoms with Gasteiger partial charge in [-0.3, -0.25) is 4.79 Å². The molecule has 1 amide bonds. The number of alkyl halides is 3. The van der Waals surface area contributed by atoms with Crippen LogP contribution in [-0.2, 0) is 14.8 Å². The van der Waals surface area contributed by atoms with Gasteiger partial charge in [0.2, 0.25) is 15.9 Å². The predicted octanol–water partition coefficient (Wildman–Crippen LogP) is 1.88. The first-order valence-electron chi connectivity index (χ1n) is 7.67. The number of nitrogens with zero attached hydrogens (tertiary/aromatic N) is 2. The SMILES string of the molecule is C[C@@](O)(CC(=O)N1CCN(S(=O)(=O)c2cccc(Cl)c2)CC1)C(F)(F)F. The van der Waals surface area contributed by atoms with Gasteiger partial charge in [0, 0.05) is 31.2 Å². The summed E-state index contributed by atoms with van der Waals surface area (Å²) in [5.41, 5.74) is -3.13. The molecule has 11 heteroatoms. The van der Waals surface area contributed by atoms with E-state index in [0.717, 1.165) is 9.21 Å². The van der Waals surface area contributed by atoms with Crippen molar-refractivity contribution in [1.82, 2.24) is 9.21 Å². The molecular weight excluding hydrogens is 397 g/mol. The van der Waals surface area contributed by atoms with Gasteiger partial charge in [0.05, 0.1) is 11.3 Å². The second-order valence-corrected chi connectivity index (χ2v) is 8.57. The Morgan fingerprint density at radius 3 is 2.31 bits per heavy atom. The zero-order valence-corrected chi connectivity index (χ0v) is 15.4. The van der Waals surface area contributed by atoms with E-state index in [0.29, 0.717) is 6.92 Å². The van der Waals surface area contributed by atoms with Crippen LogP contribution in [0.3, 0.4) is 0 Å². The molecule has 1 aromatic rings. The van der Waals surface area contributed by atoms with Crippen molar-refractivity contribution < 1.29 is 31.5 Å². The van der Waals surface area contributed by atoms with Crippen molar-refractivity contribution in [1.29, 1.82) is 0 Å². The Morgan fingerprint density at radius 1 is 1.23 bits per heavy atom. The number of rotatable bonds is 4. The number of aliphatic hydroxyl groups is 1. The average molecular weight is 415 g/mol. The van der Waals surface area contributed by atoms with E-state index in [2.05, 4.69) is 0 Å². The van der Waals surface area contributed by atoms with Gasteiger partial charge in [-0.1, -0.05) is 17.7 Å². The van der Waals surface area contributed by atoms with Gasteiger partial charge in [-0.05, 0) is 25.1 Å². The summed E-state index contributed by atoms with van der Waals surface area (Å²) in [7, 11) is -3.81. The van der Waals surface area contributed by atoms with Gasteiger partial charge in [0.1, 0.15) is 0 Å². The van der Waals surface area contributed by atoms with Crippen LogP contribution in [-0.4, -0.2) is 66.6 Å². The number of carbonyl (C=O) groups excluding carboxylic acids is 1. The summed E-state index contributed by atoms with van der Waals surface area (Å²) in [6.07, 6.45) is -6.04. The number of amides is 1. The third-order valence-electron chi connectivity index (χ3n) is 4.13. The molecule has 0 aromatic heterocycles. The molecule has 1 fully saturated rings. The maximum Gasteiger partial charge on any atom is 0.417 e. The van der Waals surface area contributed by atoms with Crippen LogP contribution in [0.25, 0.3) is 0 Å². The maximum atomic E-state index is 12.7. The van der Waals surface area contributed by atoms with Crippen LogP contribution in [0.4, 0.5) is 13.2 Å². The van der Waals surface area contributed by atoms with Crippen molar-refractivity contribution in [3.8, 4) is 0 Å². The van der Waals surface area contributed by atoms with E-state index in [1.165, 1.54) is 24.3 Å². The Labute approximate surface area is 154 Å². The quantitative estimate of drug-likeness (QED) is 0.816. The topological polar surface area (TPSA) is 77.9 Å². The Kier molecular flexibility index (Phi) is 5.91. The third kappa shape index (κ3) is 4.48. The number of halogens is 4. The highest BCUT2D eigenvalue weighted by Crippen LogP contribution is 2.33. The lowest BCUT2D eigenvalue weighted by atomic mass is 10.0. The highest BCUT2D eigenvalue weighted by Gasteiger charge is 2.51. The molecule has 2 rings (SSSR count). The Hall–Kier alpha value is -1.36. The number of hydrogen-bond donors (Lipinski definition) is 1. The normalized spacial score (nSPS) is 19.2. The zero-order valence-electron chi connectivity index (χ0n) is 13.8. The summed E-state index contributed by atoms with van der Waals surface area (Å²) in [6.45, 7) is 0.285. The molecule has 1 saturated heterocycles. The van der Waals surface area contributed by atoms with Gasteiger partial charge in [0.25, 0.3) is 0 Å². The molecule has 6 nitrogen and oxygen atoms in total. The fourth-order valence-corrected chi connectivity index (χ4v) is 4.18. The Balaban J connectivity index is 2.02. The summed E-state index contributed by atoms with van der Waals surface area (Å²) in [4.78, 5) is 13.1. The van der Waals surface area contributed by atoms with Crippen LogP contribution in [0.15, 0.2) is 29.2 Å². The van der Waals surface area contributed by atoms with Crippen LogP contribution < -0.4 is 0 Å². The predicted molar refractivity (Wildman–Crippen MR) is 88.1 cm³/mol. The number of piperazine rings is 1. The molecule has 146 valence electrons. The first kappa shape index (κ1) is 20.9. The minimum atomic E-state index is -4.93. The minimum absolute atomic E-state index is 0.00443. The third-order valence-corrected chi connectivity index (χ3v) is 6.26. The van der Waals surface area contributed by atoms with E-state index in [1.54, 1.807) is 0 Å². The van der Waals surface area contributed by atoms with Crippen molar-refractivity contribution >= 4 is 27.5 Å². The summed E-state index contributed by atoms with van der Waals surface area (Å²) < 4.78 is 64.3. The lowest BCUT2D eigenvalue weighted by Gasteiger charge is -2.35. The highest BCUT2D eigenvalue weighted by atomic mass is 35.5. The van der Waals surface area contributed by atoms with Gasteiger partial charge in [-0.15, -0.1) is 0 Å². The van der Waals surface area contributed by atoms with Crippen LogP contribution in [0.1, 0.15) is 13.3 Å². The van der Waals surface area contributed by atoms with Crippen LogP contribution in [0, 0.1) is 0 Å².